The number of likely N-dealkylation sites (tertiary alicyclic amines) is 1. The van der Waals surface area contributed by atoms with Crippen LogP contribution in [0.1, 0.15) is 29.5 Å². The van der Waals surface area contributed by atoms with Gasteiger partial charge in [-0.05, 0) is 54.8 Å². The molecule has 1 saturated heterocycles. The third kappa shape index (κ3) is 5.56. The van der Waals surface area contributed by atoms with Crippen molar-refractivity contribution in [2.45, 2.75) is 32.5 Å². The molecule has 32 heavy (non-hydrogen) atoms. The maximum absolute atomic E-state index is 4.75. The first-order valence-electron chi connectivity index (χ1n) is 11.4. The minimum absolute atomic E-state index is 0.679. The number of anilines is 1. The Hall–Kier alpha value is -3.12. The van der Waals surface area contributed by atoms with E-state index in [2.05, 4.69) is 69.1 Å². The first kappa shape index (κ1) is 22.1. The lowest BCUT2D eigenvalue weighted by Crippen LogP contribution is -2.36. The summed E-state index contributed by atoms with van der Waals surface area (Å²) in [6.07, 6.45) is 2.67. The molecule has 0 aliphatic carbocycles. The normalized spacial score (nSPS) is 14.7. The van der Waals surface area contributed by atoms with Crippen molar-refractivity contribution < 1.29 is 0 Å². The number of aromatic nitrogens is 1. The van der Waals surface area contributed by atoms with Gasteiger partial charge in [0.2, 0.25) is 0 Å². The van der Waals surface area contributed by atoms with Crippen LogP contribution < -0.4 is 15.5 Å². The second-order valence-corrected chi connectivity index (χ2v) is 8.63. The molecule has 2 N–H and O–H groups in total. The Morgan fingerprint density at radius 1 is 0.969 bits per heavy atom. The molecule has 1 aliphatic heterocycles. The van der Waals surface area contributed by atoms with Crippen LogP contribution in [0.25, 0.3) is 10.9 Å². The SMILES string of the molecule is CN=C(NCc1ccc(CN2CCCC2)cc1)NCc1cc(N(C)C)nc2ccccc12. The van der Waals surface area contributed by atoms with Crippen LogP contribution in [0.4, 0.5) is 5.82 Å². The van der Waals surface area contributed by atoms with E-state index >= 15 is 0 Å². The molecule has 0 amide bonds. The quantitative estimate of drug-likeness (QED) is 0.442. The monoisotopic (exact) mass is 430 g/mol. The van der Waals surface area contributed by atoms with Gasteiger partial charge in [0.1, 0.15) is 5.82 Å². The van der Waals surface area contributed by atoms with Crippen LogP contribution in [-0.4, -0.2) is 50.1 Å². The zero-order valence-electron chi connectivity index (χ0n) is 19.4. The summed E-state index contributed by atoms with van der Waals surface area (Å²) in [5.41, 5.74) is 4.85. The van der Waals surface area contributed by atoms with Crippen molar-refractivity contribution in [3.8, 4) is 0 Å². The molecule has 0 saturated carbocycles. The number of fused-ring (bicyclic) bond motifs is 1. The minimum atomic E-state index is 0.679. The third-order valence-electron chi connectivity index (χ3n) is 6.00. The van der Waals surface area contributed by atoms with Gasteiger partial charge in [0, 0.05) is 46.2 Å². The molecule has 0 spiro atoms. The second-order valence-electron chi connectivity index (χ2n) is 8.63. The topological polar surface area (TPSA) is 55.8 Å². The molecule has 4 rings (SSSR count). The molecular formula is C26H34N6. The standard InChI is InChI=1S/C26H34N6/c1-27-26(28-17-20-10-12-21(13-11-20)19-32-14-6-7-15-32)29-18-22-16-25(31(2)3)30-24-9-5-4-8-23(22)24/h4-5,8-13,16H,6-7,14-15,17-19H2,1-3H3,(H2,27,28,29). The fourth-order valence-electron chi connectivity index (χ4n) is 4.15. The average Bonchev–Trinajstić information content (AvgIpc) is 3.33. The lowest BCUT2D eigenvalue weighted by Gasteiger charge is -2.17. The van der Waals surface area contributed by atoms with Crippen LogP contribution in [0.3, 0.4) is 0 Å². The van der Waals surface area contributed by atoms with E-state index in [1.165, 1.54) is 42.6 Å². The maximum Gasteiger partial charge on any atom is 0.191 e. The lowest BCUT2D eigenvalue weighted by atomic mass is 10.1. The van der Waals surface area contributed by atoms with Gasteiger partial charge < -0.3 is 15.5 Å². The Bertz CT molecular complexity index is 1050. The van der Waals surface area contributed by atoms with Crippen molar-refractivity contribution in [2.24, 2.45) is 4.99 Å². The average molecular weight is 431 g/mol. The molecule has 1 aromatic heterocycles. The molecule has 6 heteroatoms. The predicted octanol–water partition coefficient (Wildman–Crippen LogP) is 3.76. The molecule has 6 nitrogen and oxygen atoms in total. The molecule has 168 valence electrons. The number of guanidine groups is 1. The van der Waals surface area contributed by atoms with Crippen LogP contribution in [0.15, 0.2) is 59.6 Å². The highest BCUT2D eigenvalue weighted by molar-refractivity contribution is 5.85. The first-order valence-corrected chi connectivity index (χ1v) is 11.4. The Balaban J connectivity index is 1.35. The zero-order valence-corrected chi connectivity index (χ0v) is 19.4. The Kier molecular flexibility index (Phi) is 7.22. The molecular weight excluding hydrogens is 396 g/mol. The number of para-hydroxylation sites is 1. The molecule has 0 radical (unpaired) electrons. The van der Waals surface area contributed by atoms with E-state index in [1.807, 2.05) is 32.1 Å². The number of rotatable bonds is 7. The van der Waals surface area contributed by atoms with Crippen LogP contribution in [0, 0.1) is 0 Å². The molecule has 1 fully saturated rings. The summed E-state index contributed by atoms with van der Waals surface area (Å²) in [5, 5.41) is 8.06. The summed E-state index contributed by atoms with van der Waals surface area (Å²) in [6, 6.07) is 19.3. The van der Waals surface area contributed by atoms with Gasteiger partial charge in [0.05, 0.1) is 5.52 Å². The minimum Gasteiger partial charge on any atom is -0.363 e. The molecule has 0 bridgehead atoms. The molecule has 2 aromatic carbocycles. The number of nitrogens with zero attached hydrogens (tertiary/aromatic N) is 4. The van der Waals surface area contributed by atoms with Crippen molar-refractivity contribution in [3.63, 3.8) is 0 Å². The van der Waals surface area contributed by atoms with Gasteiger partial charge >= 0.3 is 0 Å². The molecule has 3 aromatic rings. The van der Waals surface area contributed by atoms with Crippen molar-refractivity contribution in [1.29, 1.82) is 0 Å². The van der Waals surface area contributed by atoms with Gasteiger partial charge in [0.15, 0.2) is 5.96 Å². The van der Waals surface area contributed by atoms with Gasteiger partial charge in [0.25, 0.3) is 0 Å². The summed E-state index contributed by atoms with van der Waals surface area (Å²) in [5.74, 6) is 1.75. The zero-order chi connectivity index (χ0) is 22.3. The Morgan fingerprint density at radius 2 is 1.66 bits per heavy atom. The lowest BCUT2D eigenvalue weighted by molar-refractivity contribution is 0.331. The number of aliphatic imine (C=N–C) groups is 1. The van der Waals surface area contributed by atoms with Crippen LogP contribution in [0.5, 0.6) is 0 Å². The molecule has 0 atom stereocenters. The highest BCUT2D eigenvalue weighted by Crippen LogP contribution is 2.22. The van der Waals surface area contributed by atoms with E-state index in [4.69, 9.17) is 4.98 Å². The van der Waals surface area contributed by atoms with E-state index in [0.29, 0.717) is 6.54 Å². The first-order chi connectivity index (χ1) is 15.6. The molecule has 0 unspecified atom stereocenters. The number of benzene rings is 2. The van der Waals surface area contributed by atoms with Crippen LogP contribution in [0.2, 0.25) is 0 Å². The van der Waals surface area contributed by atoms with Gasteiger partial charge in [-0.15, -0.1) is 0 Å². The van der Waals surface area contributed by atoms with Crippen molar-refractivity contribution in [2.75, 3.05) is 39.1 Å². The van der Waals surface area contributed by atoms with E-state index in [-0.39, 0.29) is 0 Å². The van der Waals surface area contributed by atoms with E-state index < -0.39 is 0 Å². The summed E-state index contributed by atoms with van der Waals surface area (Å²) in [7, 11) is 5.85. The number of pyridine rings is 1. The summed E-state index contributed by atoms with van der Waals surface area (Å²) in [6.45, 7) is 4.94. The van der Waals surface area contributed by atoms with Gasteiger partial charge in [-0.1, -0.05) is 42.5 Å². The molecule has 2 heterocycles. The number of hydrogen-bond donors (Lipinski definition) is 2. The fourth-order valence-corrected chi connectivity index (χ4v) is 4.15. The predicted molar refractivity (Wildman–Crippen MR) is 134 cm³/mol. The largest absolute Gasteiger partial charge is 0.363 e. The van der Waals surface area contributed by atoms with E-state index in [1.54, 1.807) is 0 Å². The van der Waals surface area contributed by atoms with Crippen molar-refractivity contribution in [3.05, 3.63) is 71.3 Å². The third-order valence-corrected chi connectivity index (χ3v) is 6.00. The van der Waals surface area contributed by atoms with Crippen LogP contribution >= 0.6 is 0 Å². The Labute approximate surface area is 191 Å². The highest BCUT2D eigenvalue weighted by Gasteiger charge is 2.11. The van der Waals surface area contributed by atoms with Gasteiger partial charge in [-0.3, -0.25) is 9.89 Å². The van der Waals surface area contributed by atoms with E-state index in [9.17, 15) is 0 Å². The fraction of sp³-hybridized carbons (Fsp3) is 0.385. The second kappa shape index (κ2) is 10.5. The summed E-state index contributed by atoms with van der Waals surface area (Å²) >= 11 is 0. The maximum atomic E-state index is 4.75. The Morgan fingerprint density at radius 3 is 2.38 bits per heavy atom. The summed E-state index contributed by atoms with van der Waals surface area (Å²) < 4.78 is 0. The summed E-state index contributed by atoms with van der Waals surface area (Å²) in [4.78, 5) is 13.7. The smallest absolute Gasteiger partial charge is 0.191 e. The van der Waals surface area contributed by atoms with Crippen molar-refractivity contribution in [1.82, 2.24) is 20.5 Å². The number of hydrogen-bond acceptors (Lipinski definition) is 4. The molecule has 1 aliphatic rings. The van der Waals surface area contributed by atoms with Gasteiger partial charge in [-0.2, -0.15) is 0 Å². The van der Waals surface area contributed by atoms with Crippen molar-refractivity contribution >= 4 is 22.7 Å². The van der Waals surface area contributed by atoms with Gasteiger partial charge in [-0.25, -0.2) is 4.98 Å². The van der Waals surface area contributed by atoms with Crippen LogP contribution in [-0.2, 0) is 19.6 Å². The number of nitrogens with one attached hydrogen (secondary N) is 2. The van der Waals surface area contributed by atoms with E-state index in [0.717, 1.165) is 35.8 Å². The highest BCUT2D eigenvalue weighted by atomic mass is 15.2.